The standard InChI is InChI=1S/C23H30O4Si4/c1-28(2)24-29(3,21-15-9-6-10-16-21)26-31(5,23-19-13-8-14-20-23)27-30(4,25-28)22-17-11-7-12-18-22/h6-20H,1-5H3. The Balaban J connectivity index is 1.87. The topological polar surface area (TPSA) is 36.9 Å². The molecule has 1 saturated heterocycles. The highest BCUT2D eigenvalue weighted by Crippen LogP contribution is 2.30. The van der Waals surface area contributed by atoms with Crippen LogP contribution in [0, 0.1) is 0 Å². The summed E-state index contributed by atoms with van der Waals surface area (Å²) in [4.78, 5) is 0. The molecule has 1 aliphatic rings. The summed E-state index contributed by atoms with van der Waals surface area (Å²) in [5.41, 5.74) is 0. The fraction of sp³-hybridized carbons (Fsp3) is 0.217. The summed E-state index contributed by atoms with van der Waals surface area (Å²) in [6.07, 6.45) is 0. The van der Waals surface area contributed by atoms with Gasteiger partial charge in [-0.05, 0) is 48.3 Å². The van der Waals surface area contributed by atoms with Crippen LogP contribution in [-0.4, -0.2) is 34.2 Å². The van der Waals surface area contributed by atoms with Gasteiger partial charge in [-0.2, -0.15) is 0 Å². The molecule has 4 nitrogen and oxygen atoms in total. The van der Waals surface area contributed by atoms with Crippen molar-refractivity contribution < 1.29 is 16.5 Å². The molecular formula is C23H30O4Si4. The van der Waals surface area contributed by atoms with E-state index in [0.717, 1.165) is 15.6 Å². The molecular weight excluding hydrogens is 453 g/mol. The minimum absolute atomic E-state index is 1.09. The molecule has 0 amide bonds. The highest BCUT2D eigenvalue weighted by molar-refractivity contribution is 7.03. The quantitative estimate of drug-likeness (QED) is 0.534. The van der Waals surface area contributed by atoms with Crippen LogP contribution in [0.3, 0.4) is 0 Å². The summed E-state index contributed by atoms with van der Waals surface area (Å²) in [6.45, 7) is 10.6. The highest BCUT2D eigenvalue weighted by atomic mass is 28.5. The largest absolute Gasteiger partial charge is 0.412 e. The lowest BCUT2D eigenvalue weighted by molar-refractivity contribution is 0.249. The van der Waals surface area contributed by atoms with Gasteiger partial charge < -0.3 is 16.5 Å². The van der Waals surface area contributed by atoms with E-state index in [1.165, 1.54) is 0 Å². The van der Waals surface area contributed by atoms with Gasteiger partial charge in [-0.25, -0.2) is 0 Å². The number of benzene rings is 3. The van der Waals surface area contributed by atoms with E-state index >= 15 is 0 Å². The maximum Gasteiger partial charge on any atom is 0.352 e. The van der Waals surface area contributed by atoms with E-state index in [0.29, 0.717) is 0 Å². The Hall–Kier alpha value is -1.63. The zero-order valence-electron chi connectivity index (χ0n) is 18.8. The summed E-state index contributed by atoms with van der Waals surface area (Å²) in [5, 5.41) is 3.29. The van der Waals surface area contributed by atoms with Crippen molar-refractivity contribution in [1.29, 1.82) is 0 Å². The van der Waals surface area contributed by atoms with Gasteiger partial charge >= 0.3 is 34.2 Å². The Morgan fingerprint density at radius 1 is 0.387 bits per heavy atom. The van der Waals surface area contributed by atoms with Crippen molar-refractivity contribution in [3.8, 4) is 0 Å². The monoisotopic (exact) mass is 482 g/mol. The molecule has 1 fully saturated rings. The van der Waals surface area contributed by atoms with Gasteiger partial charge in [0.05, 0.1) is 0 Å². The summed E-state index contributed by atoms with van der Waals surface area (Å²) in [7, 11) is -11.1. The van der Waals surface area contributed by atoms with Gasteiger partial charge in [0.2, 0.25) is 0 Å². The van der Waals surface area contributed by atoms with Gasteiger partial charge in [-0.3, -0.25) is 0 Å². The lowest BCUT2D eigenvalue weighted by Gasteiger charge is -2.49. The molecule has 0 N–H and O–H groups in total. The van der Waals surface area contributed by atoms with Crippen LogP contribution in [0.25, 0.3) is 0 Å². The van der Waals surface area contributed by atoms with Crippen LogP contribution in [0.5, 0.6) is 0 Å². The molecule has 1 heterocycles. The van der Waals surface area contributed by atoms with Crippen LogP contribution in [0.4, 0.5) is 0 Å². The molecule has 162 valence electrons. The molecule has 0 aromatic heterocycles. The Morgan fingerprint density at radius 3 is 0.935 bits per heavy atom. The minimum Gasteiger partial charge on any atom is -0.412 e. The molecule has 2 atom stereocenters. The van der Waals surface area contributed by atoms with Crippen LogP contribution < -0.4 is 15.6 Å². The van der Waals surface area contributed by atoms with Crippen LogP contribution in [0.2, 0.25) is 32.7 Å². The van der Waals surface area contributed by atoms with E-state index in [2.05, 4.69) is 69.1 Å². The first-order valence-electron chi connectivity index (χ1n) is 10.6. The zero-order chi connectivity index (χ0) is 22.2. The Labute approximate surface area is 189 Å². The fourth-order valence-electron chi connectivity index (χ4n) is 4.34. The van der Waals surface area contributed by atoms with E-state index in [4.69, 9.17) is 16.5 Å². The van der Waals surface area contributed by atoms with Crippen LogP contribution in [0.15, 0.2) is 91.0 Å². The Morgan fingerprint density at radius 2 is 0.645 bits per heavy atom. The summed E-state index contributed by atoms with van der Waals surface area (Å²) in [6, 6.07) is 30.9. The Kier molecular flexibility index (Phi) is 6.09. The van der Waals surface area contributed by atoms with Crippen molar-refractivity contribution in [2.75, 3.05) is 0 Å². The smallest absolute Gasteiger partial charge is 0.352 e. The van der Waals surface area contributed by atoms with Gasteiger partial charge in [0.25, 0.3) is 0 Å². The van der Waals surface area contributed by atoms with Gasteiger partial charge in [0.1, 0.15) is 0 Å². The van der Waals surface area contributed by atoms with Gasteiger partial charge in [-0.1, -0.05) is 91.0 Å². The first kappa shape index (κ1) is 22.6. The predicted molar refractivity (Wildman–Crippen MR) is 135 cm³/mol. The fourth-order valence-corrected chi connectivity index (χ4v) is 25.2. The lowest BCUT2D eigenvalue weighted by Crippen LogP contribution is -2.75. The van der Waals surface area contributed by atoms with E-state index in [-0.39, 0.29) is 0 Å². The van der Waals surface area contributed by atoms with Crippen molar-refractivity contribution in [3.05, 3.63) is 91.0 Å². The maximum absolute atomic E-state index is 7.11. The molecule has 0 spiro atoms. The second kappa shape index (κ2) is 8.38. The summed E-state index contributed by atoms with van der Waals surface area (Å²) in [5.74, 6) is 0. The van der Waals surface area contributed by atoms with E-state index in [1.807, 2.05) is 54.6 Å². The van der Waals surface area contributed by atoms with Crippen molar-refractivity contribution in [1.82, 2.24) is 0 Å². The van der Waals surface area contributed by atoms with Crippen molar-refractivity contribution >= 4 is 49.8 Å². The number of hydrogen-bond acceptors (Lipinski definition) is 4. The molecule has 0 saturated carbocycles. The first-order valence-corrected chi connectivity index (χ1v) is 20.4. The zero-order valence-corrected chi connectivity index (χ0v) is 22.8. The molecule has 4 rings (SSSR count). The molecule has 2 unspecified atom stereocenters. The molecule has 8 heteroatoms. The Bertz CT molecular complexity index is 960. The van der Waals surface area contributed by atoms with Gasteiger partial charge in [0, 0.05) is 0 Å². The van der Waals surface area contributed by atoms with Gasteiger partial charge in [0.15, 0.2) is 0 Å². The average molecular weight is 483 g/mol. The molecule has 31 heavy (non-hydrogen) atoms. The van der Waals surface area contributed by atoms with Crippen molar-refractivity contribution in [2.45, 2.75) is 32.7 Å². The SMILES string of the molecule is C[Si]1(C)O[Si](C)(c2ccccc2)O[Si](C)(c2ccccc2)O[Si](C)(c2ccccc2)O1. The second-order valence-corrected chi connectivity index (χ2v) is 22.2. The molecule has 3 aromatic carbocycles. The number of hydrogen-bond donors (Lipinski definition) is 0. The summed E-state index contributed by atoms with van der Waals surface area (Å²) < 4.78 is 28.0. The molecule has 3 aromatic rings. The van der Waals surface area contributed by atoms with E-state index < -0.39 is 34.2 Å². The third-order valence-electron chi connectivity index (χ3n) is 5.55. The maximum atomic E-state index is 7.11. The third kappa shape index (κ3) is 4.76. The van der Waals surface area contributed by atoms with Crippen molar-refractivity contribution in [3.63, 3.8) is 0 Å². The van der Waals surface area contributed by atoms with Crippen LogP contribution in [-0.2, 0) is 16.5 Å². The van der Waals surface area contributed by atoms with E-state index in [9.17, 15) is 0 Å². The lowest BCUT2D eigenvalue weighted by atomic mass is 10.4. The van der Waals surface area contributed by atoms with Crippen LogP contribution in [0.1, 0.15) is 0 Å². The first-order chi connectivity index (χ1) is 14.6. The van der Waals surface area contributed by atoms with Crippen LogP contribution >= 0.6 is 0 Å². The average Bonchev–Trinajstić information content (AvgIpc) is 2.74. The third-order valence-corrected chi connectivity index (χ3v) is 23.0. The predicted octanol–water partition coefficient (Wildman–Crippen LogP) is 3.71. The van der Waals surface area contributed by atoms with Crippen molar-refractivity contribution in [2.24, 2.45) is 0 Å². The molecule has 1 aliphatic heterocycles. The van der Waals surface area contributed by atoms with Gasteiger partial charge in [-0.15, -0.1) is 0 Å². The number of rotatable bonds is 3. The molecule has 0 bridgehead atoms. The second-order valence-electron chi connectivity index (χ2n) is 8.74. The molecule has 0 radical (unpaired) electrons. The normalized spacial score (nSPS) is 30.9. The summed E-state index contributed by atoms with van der Waals surface area (Å²) >= 11 is 0. The minimum atomic E-state index is -2.90. The van der Waals surface area contributed by atoms with E-state index in [1.54, 1.807) is 0 Å². The molecule has 0 aliphatic carbocycles. The highest BCUT2D eigenvalue weighted by Gasteiger charge is 2.57.